The number of hydrogen-bond donors (Lipinski definition) is 1. The van der Waals surface area contributed by atoms with E-state index in [1.54, 1.807) is 13.3 Å². The molecule has 1 heterocycles. The highest BCUT2D eigenvalue weighted by Gasteiger charge is 2.27. The van der Waals surface area contributed by atoms with Crippen LogP contribution in [0.15, 0.2) is 18.3 Å². The van der Waals surface area contributed by atoms with Gasteiger partial charge in [0.15, 0.2) is 4.47 Å². The molecule has 20 heavy (non-hydrogen) atoms. The van der Waals surface area contributed by atoms with E-state index in [4.69, 9.17) is 27.9 Å². The first-order chi connectivity index (χ1) is 9.67. The van der Waals surface area contributed by atoms with Crippen molar-refractivity contribution in [2.24, 2.45) is 0 Å². The third kappa shape index (κ3) is 3.03. The van der Waals surface area contributed by atoms with Crippen LogP contribution in [-0.2, 0) is 6.54 Å². The second-order valence-corrected chi connectivity index (χ2v) is 6.89. The molecule has 0 radical (unpaired) electrons. The average Bonchev–Trinajstić information content (AvgIpc) is 3.20. The van der Waals surface area contributed by atoms with Crippen LogP contribution in [0.25, 0.3) is 0 Å². The van der Waals surface area contributed by atoms with E-state index in [2.05, 4.69) is 10.3 Å². The van der Waals surface area contributed by atoms with Crippen LogP contribution >= 0.6 is 34.5 Å². The Labute approximate surface area is 131 Å². The molecule has 0 atom stereocenters. The van der Waals surface area contributed by atoms with E-state index >= 15 is 0 Å². The fraction of sp³-hybridized carbons (Fsp3) is 0.357. The van der Waals surface area contributed by atoms with Crippen molar-refractivity contribution in [1.29, 1.82) is 0 Å². The zero-order chi connectivity index (χ0) is 14.1. The number of nitrogens with one attached hydrogen (secondary N) is 1. The summed E-state index contributed by atoms with van der Waals surface area (Å²) in [5.74, 6) is 1.31. The van der Waals surface area contributed by atoms with Gasteiger partial charge in [-0.25, -0.2) is 4.98 Å². The molecule has 0 amide bonds. The number of ether oxygens (including phenoxy) is 1. The molecule has 0 bridgehead atoms. The van der Waals surface area contributed by atoms with Gasteiger partial charge in [-0.15, -0.1) is 11.3 Å². The summed E-state index contributed by atoms with van der Waals surface area (Å²) < 4.78 is 5.86. The summed E-state index contributed by atoms with van der Waals surface area (Å²) in [5, 5.41) is 4.11. The van der Waals surface area contributed by atoms with Gasteiger partial charge in [-0.1, -0.05) is 23.2 Å². The number of nitrogens with zero attached hydrogens (tertiary/aromatic N) is 1. The zero-order valence-corrected chi connectivity index (χ0v) is 13.3. The SMILES string of the molecule is COc1cc(NCc2cnc(Cl)s2)c(C2CC2)cc1Cl. The summed E-state index contributed by atoms with van der Waals surface area (Å²) in [4.78, 5) is 5.15. The van der Waals surface area contributed by atoms with Crippen LogP contribution in [0.2, 0.25) is 9.49 Å². The molecule has 1 aromatic heterocycles. The second-order valence-electron chi connectivity index (χ2n) is 4.78. The molecule has 1 fully saturated rings. The number of methoxy groups -OCH3 is 1. The quantitative estimate of drug-likeness (QED) is 0.843. The normalized spacial score (nSPS) is 14.3. The summed E-state index contributed by atoms with van der Waals surface area (Å²) in [7, 11) is 1.63. The van der Waals surface area contributed by atoms with Crippen molar-refractivity contribution in [1.82, 2.24) is 4.98 Å². The Bertz CT molecular complexity index is 626. The molecule has 1 aromatic carbocycles. The van der Waals surface area contributed by atoms with Crippen molar-refractivity contribution in [2.75, 3.05) is 12.4 Å². The number of hydrogen-bond acceptors (Lipinski definition) is 4. The first-order valence-electron chi connectivity index (χ1n) is 6.39. The number of thiazole rings is 1. The molecular weight excluding hydrogens is 315 g/mol. The molecule has 1 aliphatic carbocycles. The highest BCUT2D eigenvalue weighted by molar-refractivity contribution is 7.15. The molecule has 2 aromatic rings. The lowest BCUT2D eigenvalue weighted by Crippen LogP contribution is -2.01. The lowest BCUT2D eigenvalue weighted by atomic mass is 10.1. The van der Waals surface area contributed by atoms with Gasteiger partial charge in [0.05, 0.1) is 18.7 Å². The molecule has 1 N–H and O–H groups in total. The van der Waals surface area contributed by atoms with Gasteiger partial charge in [0.1, 0.15) is 5.75 Å². The van der Waals surface area contributed by atoms with E-state index in [0.717, 1.165) is 10.6 Å². The van der Waals surface area contributed by atoms with E-state index in [1.807, 2.05) is 12.1 Å². The van der Waals surface area contributed by atoms with Crippen molar-refractivity contribution in [3.05, 3.63) is 38.3 Å². The largest absolute Gasteiger partial charge is 0.495 e. The van der Waals surface area contributed by atoms with Crippen LogP contribution in [0.1, 0.15) is 29.2 Å². The van der Waals surface area contributed by atoms with Crippen molar-refractivity contribution in [3.63, 3.8) is 0 Å². The summed E-state index contributed by atoms with van der Waals surface area (Å²) in [6.45, 7) is 0.703. The Morgan fingerprint density at radius 3 is 2.80 bits per heavy atom. The first kappa shape index (κ1) is 14.0. The topological polar surface area (TPSA) is 34.1 Å². The van der Waals surface area contributed by atoms with Gasteiger partial charge >= 0.3 is 0 Å². The first-order valence-corrected chi connectivity index (χ1v) is 7.96. The van der Waals surface area contributed by atoms with Gasteiger partial charge in [-0.3, -0.25) is 0 Å². The monoisotopic (exact) mass is 328 g/mol. The summed E-state index contributed by atoms with van der Waals surface area (Å²) >= 11 is 13.5. The lowest BCUT2D eigenvalue weighted by molar-refractivity contribution is 0.415. The van der Waals surface area contributed by atoms with Crippen molar-refractivity contribution < 1.29 is 4.74 Å². The maximum absolute atomic E-state index is 6.22. The Kier molecular flexibility index (Phi) is 4.06. The Balaban J connectivity index is 1.83. The van der Waals surface area contributed by atoms with Crippen LogP contribution in [0, 0.1) is 0 Å². The minimum Gasteiger partial charge on any atom is -0.495 e. The molecule has 0 spiro atoms. The molecule has 0 unspecified atom stereocenters. The standard InChI is InChI=1S/C14H14Cl2N2OS/c1-19-13-5-12(10(4-11(13)15)8-2-3-8)17-6-9-7-18-14(16)20-9/h4-5,7-8,17H,2-3,6H2,1H3. The highest BCUT2D eigenvalue weighted by Crippen LogP contribution is 2.46. The molecular formula is C14H14Cl2N2OS. The highest BCUT2D eigenvalue weighted by atomic mass is 35.5. The maximum Gasteiger partial charge on any atom is 0.183 e. The van der Waals surface area contributed by atoms with Gasteiger partial charge in [0.2, 0.25) is 0 Å². The minimum absolute atomic E-state index is 0.568. The number of rotatable bonds is 5. The van der Waals surface area contributed by atoms with Gasteiger partial charge in [-0.2, -0.15) is 0 Å². The van der Waals surface area contributed by atoms with Gasteiger partial charge in [0, 0.05) is 22.8 Å². The smallest absolute Gasteiger partial charge is 0.183 e. The molecule has 3 nitrogen and oxygen atoms in total. The summed E-state index contributed by atoms with van der Waals surface area (Å²) in [6.07, 6.45) is 4.25. The van der Waals surface area contributed by atoms with Crippen LogP contribution in [-0.4, -0.2) is 12.1 Å². The Hall–Kier alpha value is -0.970. The maximum atomic E-state index is 6.22. The Morgan fingerprint density at radius 1 is 1.40 bits per heavy atom. The minimum atomic E-state index is 0.568. The lowest BCUT2D eigenvalue weighted by Gasteiger charge is -2.14. The van der Waals surface area contributed by atoms with E-state index < -0.39 is 0 Å². The van der Waals surface area contributed by atoms with E-state index in [9.17, 15) is 0 Å². The molecule has 106 valence electrons. The molecule has 0 saturated heterocycles. The predicted molar refractivity (Wildman–Crippen MR) is 84.4 cm³/mol. The van der Waals surface area contributed by atoms with Gasteiger partial charge in [-0.05, 0) is 30.4 Å². The molecule has 6 heteroatoms. The van der Waals surface area contributed by atoms with Crippen molar-refractivity contribution in [3.8, 4) is 5.75 Å². The second kappa shape index (κ2) is 5.80. The number of halogens is 2. The fourth-order valence-corrected chi connectivity index (χ4v) is 3.32. The van der Waals surface area contributed by atoms with Crippen LogP contribution < -0.4 is 10.1 Å². The van der Waals surface area contributed by atoms with Gasteiger partial charge < -0.3 is 10.1 Å². The molecule has 0 aliphatic heterocycles. The number of benzene rings is 1. The number of aromatic nitrogens is 1. The van der Waals surface area contributed by atoms with Crippen molar-refractivity contribution in [2.45, 2.75) is 25.3 Å². The van der Waals surface area contributed by atoms with Gasteiger partial charge in [0.25, 0.3) is 0 Å². The van der Waals surface area contributed by atoms with E-state index in [0.29, 0.717) is 27.7 Å². The third-order valence-corrected chi connectivity index (χ3v) is 4.73. The van der Waals surface area contributed by atoms with Crippen LogP contribution in [0.3, 0.4) is 0 Å². The molecule has 1 saturated carbocycles. The third-order valence-electron chi connectivity index (χ3n) is 3.32. The van der Waals surface area contributed by atoms with Crippen molar-refractivity contribution >= 4 is 40.2 Å². The van der Waals surface area contributed by atoms with Crippen LogP contribution in [0.4, 0.5) is 5.69 Å². The molecule has 3 rings (SSSR count). The Morgan fingerprint density at radius 2 is 2.20 bits per heavy atom. The number of anilines is 1. The summed E-state index contributed by atoms with van der Waals surface area (Å²) in [6, 6.07) is 3.98. The fourth-order valence-electron chi connectivity index (χ4n) is 2.16. The zero-order valence-electron chi connectivity index (χ0n) is 11.0. The average molecular weight is 329 g/mol. The summed E-state index contributed by atoms with van der Waals surface area (Å²) in [5.41, 5.74) is 2.35. The molecule has 1 aliphatic rings. The van der Waals surface area contributed by atoms with E-state index in [-0.39, 0.29) is 0 Å². The predicted octanol–water partition coefficient (Wildman–Crippen LogP) is 4.95. The van der Waals surface area contributed by atoms with Crippen LogP contribution in [0.5, 0.6) is 5.75 Å². The van der Waals surface area contributed by atoms with E-state index in [1.165, 1.54) is 29.7 Å².